The maximum Gasteiger partial charge on any atom is 0.270 e. The maximum absolute atomic E-state index is 13.0. The number of amides is 1. The summed E-state index contributed by atoms with van der Waals surface area (Å²) in [7, 11) is 0. The predicted molar refractivity (Wildman–Crippen MR) is 114 cm³/mol. The second-order valence-corrected chi connectivity index (χ2v) is 7.62. The van der Waals surface area contributed by atoms with Crippen LogP contribution in [-0.4, -0.2) is 16.8 Å². The lowest BCUT2D eigenvalue weighted by Crippen LogP contribution is -2.28. The van der Waals surface area contributed by atoms with Gasteiger partial charge in [0.2, 0.25) is 0 Å². The normalized spacial score (nSPS) is 15.6. The number of carbonyl (C=O) groups is 1. The summed E-state index contributed by atoms with van der Waals surface area (Å²) in [5.41, 5.74) is 3.85. The van der Waals surface area contributed by atoms with E-state index in [4.69, 9.17) is 17.0 Å². The number of nitrogens with zero attached hydrogens (tertiary/aromatic N) is 1. The van der Waals surface area contributed by atoms with Crippen molar-refractivity contribution in [1.82, 2.24) is 0 Å². The van der Waals surface area contributed by atoms with E-state index in [1.54, 1.807) is 11.0 Å². The van der Waals surface area contributed by atoms with E-state index in [9.17, 15) is 4.79 Å². The van der Waals surface area contributed by atoms with Crippen LogP contribution in [0.4, 0.5) is 5.69 Å². The highest BCUT2D eigenvalue weighted by Crippen LogP contribution is 2.38. The van der Waals surface area contributed by atoms with E-state index in [1.807, 2.05) is 56.3 Å². The van der Waals surface area contributed by atoms with Crippen LogP contribution < -0.4 is 9.64 Å². The summed E-state index contributed by atoms with van der Waals surface area (Å²) in [6.07, 6.45) is 3.53. The molecule has 1 fully saturated rings. The molecule has 0 saturated carbocycles. The number of aryl methyl sites for hydroxylation is 2. The summed E-state index contributed by atoms with van der Waals surface area (Å²) >= 11 is 6.78. The number of benzene rings is 2. The van der Waals surface area contributed by atoms with Gasteiger partial charge in [-0.1, -0.05) is 72.5 Å². The van der Waals surface area contributed by atoms with E-state index in [2.05, 4.69) is 12.6 Å². The quantitative estimate of drug-likeness (QED) is 0.401. The van der Waals surface area contributed by atoms with Crippen LogP contribution in [0.15, 0.2) is 60.0 Å². The monoisotopic (exact) mass is 381 g/mol. The molecule has 1 saturated heterocycles. The molecular weight excluding hydrogens is 362 g/mol. The molecule has 0 atom stereocenters. The van der Waals surface area contributed by atoms with Gasteiger partial charge in [-0.15, -0.1) is 0 Å². The average molecular weight is 382 g/mol. The first-order valence-electron chi connectivity index (χ1n) is 8.19. The standard InChI is InChI=1S/C21H19NO2S2/c1-4-11-24-18-8-6-5-7-16(18)13-19-20(23)22(21(25)26-19)17-10-9-14(2)12-15(17)3/h4-10,12-13H,1,11H2,2-3H3/b19-13+. The molecule has 132 valence electrons. The molecule has 3 rings (SSSR count). The van der Waals surface area contributed by atoms with Crippen molar-refractivity contribution < 1.29 is 9.53 Å². The van der Waals surface area contributed by atoms with Crippen molar-refractivity contribution in [3.8, 4) is 5.75 Å². The Morgan fingerprint density at radius 2 is 2.00 bits per heavy atom. The molecule has 1 amide bonds. The zero-order chi connectivity index (χ0) is 18.7. The van der Waals surface area contributed by atoms with Crippen molar-refractivity contribution in [1.29, 1.82) is 0 Å². The molecule has 2 aromatic carbocycles. The van der Waals surface area contributed by atoms with Crippen LogP contribution in [0.5, 0.6) is 5.75 Å². The smallest absolute Gasteiger partial charge is 0.270 e. The zero-order valence-electron chi connectivity index (χ0n) is 14.7. The first-order valence-corrected chi connectivity index (χ1v) is 9.41. The molecule has 1 aliphatic rings. The van der Waals surface area contributed by atoms with Gasteiger partial charge in [0.15, 0.2) is 4.32 Å². The first-order chi connectivity index (χ1) is 12.5. The molecule has 26 heavy (non-hydrogen) atoms. The van der Waals surface area contributed by atoms with E-state index in [1.165, 1.54) is 11.8 Å². The van der Waals surface area contributed by atoms with Gasteiger partial charge < -0.3 is 4.74 Å². The molecule has 0 N–H and O–H groups in total. The van der Waals surface area contributed by atoms with Gasteiger partial charge >= 0.3 is 0 Å². The summed E-state index contributed by atoms with van der Waals surface area (Å²) in [5.74, 6) is 0.606. The van der Waals surface area contributed by atoms with Crippen LogP contribution in [0.25, 0.3) is 6.08 Å². The number of carbonyl (C=O) groups excluding carboxylic acids is 1. The van der Waals surface area contributed by atoms with Crippen molar-refractivity contribution in [3.05, 3.63) is 76.7 Å². The minimum atomic E-state index is -0.106. The van der Waals surface area contributed by atoms with E-state index in [0.717, 1.165) is 22.4 Å². The molecule has 0 bridgehead atoms. The minimum Gasteiger partial charge on any atom is -0.489 e. The highest BCUT2D eigenvalue weighted by atomic mass is 32.2. The summed E-state index contributed by atoms with van der Waals surface area (Å²) in [4.78, 5) is 15.2. The van der Waals surface area contributed by atoms with Crippen molar-refractivity contribution in [2.75, 3.05) is 11.5 Å². The minimum absolute atomic E-state index is 0.106. The Kier molecular flexibility index (Phi) is 5.59. The van der Waals surface area contributed by atoms with E-state index in [-0.39, 0.29) is 5.91 Å². The highest BCUT2D eigenvalue weighted by molar-refractivity contribution is 8.27. The molecule has 1 aliphatic heterocycles. The first kappa shape index (κ1) is 18.4. The molecule has 5 heteroatoms. The van der Waals surface area contributed by atoms with E-state index < -0.39 is 0 Å². The van der Waals surface area contributed by atoms with Gasteiger partial charge in [-0.2, -0.15) is 0 Å². The van der Waals surface area contributed by atoms with Crippen molar-refractivity contribution in [2.24, 2.45) is 0 Å². The van der Waals surface area contributed by atoms with Crippen LogP contribution in [0, 0.1) is 13.8 Å². The van der Waals surface area contributed by atoms with Gasteiger partial charge in [-0.3, -0.25) is 9.69 Å². The molecule has 3 nitrogen and oxygen atoms in total. The van der Waals surface area contributed by atoms with Crippen molar-refractivity contribution >= 4 is 46.0 Å². The molecule has 0 radical (unpaired) electrons. The molecule has 0 aliphatic carbocycles. The fraction of sp³-hybridized carbons (Fsp3) is 0.143. The van der Waals surface area contributed by atoms with Crippen LogP contribution in [0.2, 0.25) is 0 Å². The number of rotatable bonds is 5. The molecule has 2 aromatic rings. The Labute approximate surface area is 163 Å². The Balaban J connectivity index is 1.94. The maximum atomic E-state index is 13.0. The SMILES string of the molecule is C=CCOc1ccccc1/C=C1/SC(=S)N(c2ccc(C)cc2C)C1=O. The zero-order valence-corrected chi connectivity index (χ0v) is 16.3. The number of ether oxygens (including phenoxy) is 1. The largest absolute Gasteiger partial charge is 0.489 e. The Hall–Kier alpha value is -2.37. The lowest BCUT2D eigenvalue weighted by molar-refractivity contribution is -0.113. The lowest BCUT2D eigenvalue weighted by atomic mass is 10.1. The topological polar surface area (TPSA) is 29.5 Å². The molecular formula is C21H19NO2S2. The van der Waals surface area contributed by atoms with Gasteiger partial charge in [0.25, 0.3) is 5.91 Å². The van der Waals surface area contributed by atoms with Gasteiger partial charge in [0.05, 0.1) is 10.6 Å². The third-order valence-corrected chi connectivity index (χ3v) is 5.25. The van der Waals surface area contributed by atoms with Crippen LogP contribution in [-0.2, 0) is 4.79 Å². The third-order valence-electron chi connectivity index (χ3n) is 3.95. The lowest BCUT2D eigenvalue weighted by Gasteiger charge is -2.17. The number of thiocarbonyl (C=S) groups is 1. The summed E-state index contributed by atoms with van der Waals surface area (Å²) in [5, 5.41) is 0. The second-order valence-electron chi connectivity index (χ2n) is 5.94. The molecule has 0 spiro atoms. The molecule has 0 aromatic heterocycles. The van der Waals surface area contributed by atoms with Gasteiger partial charge in [0.1, 0.15) is 12.4 Å². The number of hydrogen-bond acceptors (Lipinski definition) is 4. The Morgan fingerprint density at radius 1 is 1.23 bits per heavy atom. The average Bonchev–Trinajstić information content (AvgIpc) is 2.88. The molecule has 1 heterocycles. The fourth-order valence-corrected chi connectivity index (χ4v) is 4.03. The summed E-state index contributed by atoms with van der Waals surface area (Å²) < 4.78 is 6.21. The third kappa shape index (κ3) is 3.74. The number of para-hydroxylation sites is 1. The fourth-order valence-electron chi connectivity index (χ4n) is 2.75. The van der Waals surface area contributed by atoms with E-state index in [0.29, 0.717) is 21.6 Å². The van der Waals surface area contributed by atoms with Crippen molar-refractivity contribution in [3.63, 3.8) is 0 Å². The Morgan fingerprint density at radius 3 is 2.73 bits per heavy atom. The highest BCUT2D eigenvalue weighted by Gasteiger charge is 2.34. The van der Waals surface area contributed by atoms with Crippen LogP contribution in [0.3, 0.4) is 0 Å². The van der Waals surface area contributed by atoms with Gasteiger partial charge in [0, 0.05) is 5.56 Å². The van der Waals surface area contributed by atoms with Crippen LogP contribution in [0.1, 0.15) is 16.7 Å². The van der Waals surface area contributed by atoms with Gasteiger partial charge in [-0.05, 0) is 37.6 Å². The van der Waals surface area contributed by atoms with Crippen molar-refractivity contribution in [2.45, 2.75) is 13.8 Å². The van der Waals surface area contributed by atoms with Crippen LogP contribution >= 0.6 is 24.0 Å². The second kappa shape index (κ2) is 7.89. The Bertz CT molecular complexity index is 918. The predicted octanol–water partition coefficient (Wildman–Crippen LogP) is 5.27. The summed E-state index contributed by atoms with van der Waals surface area (Å²) in [6, 6.07) is 13.6. The van der Waals surface area contributed by atoms with Gasteiger partial charge in [-0.25, -0.2) is 0 Å². The summed E-state index contributed by atoms with van der Waals surface area (Å²) in [6.45, 7) is 8.10. The molecule has 0 unspecified atom stereocenters. The number of hydrogen-bond donors (Lipinski definition) is 0. The number of thioether (sulfide) groups is 1. The van der Waals surface area contributed by atoms with E-state index >= 15 is 0 Å². The number of anilines is 1.